The smallest absolute Gasteiger partial charge is 0.110 e. The van der Waals surface area contributed by atoms with Crippen molar-refractivity contribution in [1.82, 2.24) is 0 Å². The summed E-state index contributed by atoms with van der Waals surface area (Å²) in [7, 11) is 0. The van der Waals surface area contributed by atoms with E-state index < -0.39 is 5.60 Å². The fourth-order valence-corrected chi connectivity index (χ4v) is 2.07. The zero-order valence-electron chi connectivity index (χ0n) is 10.4. The molecule has 1 aliphatic heterocycles. The number of ether oxygens (including phenoxy) is 1. The molecular weight excluding hydrogens is 216 g/mol. The lowest BCUT2D eigenvalue weighted by Gasteiger charge is -2.27. The van der Waals surface area contributed by atoms with Crippen molar-refractivity contribution in [3.05, 3.63) is 23.8 Å². The number of nitrogens with one attached hydrogen (secondary N) is 1. The molecule has 2 atom stereocenters. The van der Waals surface area contributed by atoms with E-state index in [0.29, 0.717) is 25.3 Å². The highest BCUT2D eigenvalue weighted by molar-refractivity contribution is 5.67. The van der Waals surface area contributed by atoms with Gasteiger partial charge in [-0.25, -0.2) is 0 Å². The van der Waals surface area contributed by atoms with Gasteiger partial charge in [0, 0.05) is 19.6 Å². The molecule has 0 aliphatic carbocycles. The van der Waals surface area contributed by atoms with Crippen LogP contribution in [0.1, 0.15) is 18.9 Å². The second-order valence-corrected chi connectivity index (χ2v) is 4.81. The van der Waals surface area contributed by atoms with Crippen molar-refractivity contribution in [2.45, 2.75) is 32.0 Å². The Balaban J connectivity index is 2.04. The van der Waals surface area contributed by atoms with Crippen molar-refractivity contribution in [3.63, 3.8) is 0 Å². The first-order valence-electron chi connectivity index (χ1n) is 5.95. The highest BCUT2D eigenvalue weighted by Crippen LogP contribution is 2.27. The van der Waals surface area contributed by atoms with E-state index in [0.717, 1.165) is 11.3 Å². The minimum absolute atomic E-state index is 0.138. The number of hydrogen-bond donors (Lipinski definition) is 3. The number of hydrogen-bond acceptors (Lipinski definition) is 4. The van der Waals surface area contributed by atoms with Gasteiger partial charge in [-0.3, -0.25) is 0 Å². The Morgan fingerprint density at radius 1 is 1.59 bits per heavy atom. The van der Waals surface area contributed by atoms with E-state index in [1.807, 2.05) is 32.0 Å². The number of nitrogens with two attached hydrogens (primary N) is 1. The third-order valence-electron chi connectivity index (χ3n) is 3.45. The number of aliphatic hydroxyl groups is 1. The Morgan fingerprint density at radius 3 is 3.00 bits per heavy atom. The predicted octanol–water partition coefficient (Wildman–Crippen LogP) is 1.53. The van der Waals surface area contributed by atoms with Crippen LogP contribution in [0.2, 0.25) is 0 Å². The van der Waals surface area contributed by atoms with Gasteiger partial charge in [0.25, 0.3) is 0 Å². The molecule has 94 valence electrons. The van der Waals surface area contributed by atoms with Crippen LogP contribution in [-0.2, 0) is 4.74 Å². The molecule has 1 aromatic carbocycles. The summed E-state index contributed by atoms with van der Waals surface area (Å²) < 4.78 is 5.39. The Hall–Kier alpha value is -1.26. The fraction of sp³-hybridized carbons (Fsp3) is 0.538. The summed E-state index contributed by atoms with van der Waals surface area (Å²) in [6.07, 6.45) is 0.522. The summed E-state index contributed by atoms with van der Waals surface area (Å²) in [5, 5.41) is 13.6. The number of benzene rings is 1. The van der Waals surface area contributed by atoms with Crippen LogP contribution in [0.5, 0.6) is 0 Å². The van der Waals surface area contributed by atoms with E-state index in [1.54, 1.807) is 0 Å². The second kappa shape index (κ2) is 4.55. The van der Waals surface area contributed by atoms with Gasteiger partial charge in [0.2, 0.25) is 0 Å². The van der Waals surface area contributed by atoms with Crippen molar-refractivity contribution in [1.29, 1.82) is 0 Å². The maximum Gasteiger partial charge on any atom is 0.110 e. The third kappa shape index (κ3) is 2.53. The molecular formula is C13H20N2O2. The van der Waals surface area contributed by atoms with Crippen LogP contribution >= 0.6 is 0 Å². The molecule has 4 nitrogen and oxygen atoms in total. The highest BCUT2D eigenvalue weighted by atomic mass is 16.5. The molecule has 0 saturated carbocycles. The average molecular weight is 236 g/mol. The van der Waals surface area contributed by atoms with Gasteiger partial charge in [-0.15, -0.1) is 0 Å². The first-order chi connectivity index (χ1) is 8.01. The van der Waals surface area contributed by atoms with E-state index in [1.165, 1.54) is 0 Å². The molecule has 1 aromatic rings. The Kier molecular flexibility index (Phi) is 3.26. The lowest BCUT2D eigenvalue weighted by atomic mass is 9.96. The molecule has 17 heavy (non-hydrogen) atoms. The van der Waals surface area contributed by atoms with Gasteiger partial charge < -0.3 is 20.9 Å². The number of nitrogen functional groups attached to an aromatic ring is 1. The zero-order chi connectivity index (χ0) is 12.5. The van der Waals surface area contributed by atoms with Crippen LogP contribution in [0.3, 0.4) is 0 Å². The van der Waals surface area contributed by atoms with E-state index in [4.69, 9.17) is 10.5 Å². The van der Waals surface area contributed by atoms with Crippen LogP contribution in [-0.4, -0.2) is 30.0 Å². The molecule has 1 aliphatic rings. The monoisotopic (exact) mass is 236 g/mol. The Labute approximate surface area is 102 Å². The van der Waals surface area contributed by atoms with Crippen LogP contribution < -0.4 is 11.1 Å². The Bertz CT molecular complexity index is 408. The van der Waals surface area contributed by atoms with Crippen molar-refractivity contribution in [2.24, 2.45) is 0 Å². The summed E-state index contributed by atoms with van der Waals surface area (Å²) in [4.78, 5) is 0. The van der Waals surface area contributed by atoms with Gasteiger partial charge in [-0.1, -0.05) is 6.07 Å². The summed E-state index contributed by atoms with van der Waals surface area (Å²) in [6.45, 7) is 4.99. The molecule has 2 rings (SSSR count). The molecule has 0 amide bonds. The molecule has 0 spiro atoms. The maximum atomic E-state index is 10.4. The van der Waals surface area contributed by atoms with Gasteiger partial charge in [0.05, 0.1) is 17.5 Å². The molecule has 4 heteroatoms. The van der Waals surface area contributed by atoms with Crippen molar-refractivity contribution < 1.29 is 9.84 Å². The number of rotatable bonds is 3. The average Bonchev–Trinajstić information content (AvgIpc) is 2.61. The number of aryl methyl sites for hydroxylation is 1. The lowest BCUT2D eigenvalue weighted by Crippen LogP contribution is -2.43. The van der Waals surface area contributed by atoms with Gasteiger partial charge in [-0.05, 0) is 31.5 Å². The van der Waals surface area contributed by atoms with E-state index in [9.17, 15) is 5.11 Å². The highest BCUT2D eigenvalue weighted by Gasteiger charge is 2.39. The topological polar surface area (TPSA) is 67.5 Å². The van der Waals surface area contributed by atoms with Crippen molar-refractivity contribution >= 4 is 11.4 Å². The molecule has 1 heterocycles. The van der Waals surface area contributed by atoms with Gasteiger partial charge in [0.15, 0.2) is 0 Å². The summed E-state index contributed by atoms with van der Waals surface area (Å²) in [6, 6.07) is 5.83. The fourth-order valence-electron chi connectivity index (χ4n) is 2.07. The maximum absolute atomic E-state index is 10.4. The normalized spacial score (nSPS) is 28.3. The van der Waals surface area contributed by atoms with Crippen molar-refractivity contribution in [3.8, 4) is 0 Å². The standard InChI is InChI=1S/C13H20N2O2/c1-9-3-4-11(14)12(7-9)15-8-13(16)5-6-17-10(13)2/h3-4,7,10,15-16H,5-6,8,14H2,1-2H3. The minimum Gasteiger partial charge on any atom is -0.397 e. The van der Waals surface area contributed by atoms with E-state index in [-0.39, 0.29) is 6.10 Å². The summed E-state index contributed by atoms with van der Waals surface area (Å²) in [5.41, 5.74) is 7.80. The van der Waals surface area contributed by atoms with Crippen LogP contribution in [0.4, 0.5) is 11.4 Å². The van der Waals surface area contributed by atoms with Gasteiger partial charge >= 0.3 is 0 Å². The third-order valence-corrected chi connectivity index (χ3v) is 3.45. The summed E-state index contributed by atoms with van der Waals surface area (Å²) >= 11 is 0. The predicted molar refractivity (Wildman–Crippen MR) is 69.1 cm³/mol. The summed E-state index contributed by atoms with van der Waals surface area (Å²) in [5.74, 6) is 0. The number of anilines is 2. The SMILES string of the molecule is Cc1ccc(N)c(NCC2(O)CCOC2C)c1. The second-order valence-electron chi connectivity index (χ2n) is 4.81. The van der Waals surface area contributed by atoms with Gasteiger partial charge in [0.1, 0.15) is 5.60 Å². The molecule has 0 radical (unpaired) electrons. The quantitative estimate of drug-likeness (QED) is 0.696. The molecule has 4 N–H and O–H groups in total. The molecule has 1 fully saturated rings. The largest absolute Gasteiger partial charge is 0.397 e. The molecule has 0 aromatic heterocycles. The Morgan fingerprint density at radius 2 is 2.35 bits per heavy atom. The zero-order valence-corrected chi connectivity index (χ0v) is 10.4. The molecule has 0 bridgehead atoms. The van der Waals surface area contributed by atoms with Gasteiger partial charge in [-0.2, -0.15) is 0 Å². The van der Waals surface area contributed by atoms with Crippen LogP contribution in [0.15, 0.2) is 18.2 Å². The van der Waals surface area contributed by atoms with Crippen LogP contribution in [0.25, 0.3) is 0 Å². The van der Waals surface area contributed by atoms with E-state index in [2.05, 4.69) is 5.32 Å². The first kappa shape index (κ1) is 12.2. The minimum atomic E-state index is -0.795. The van der Waals surface area contributed by atoms with Crippen LogP contribution in [0, 0.1) is 6.92 Å². The lowest BCUT2D eigenvalue weighted by molar-refractivity contribution is -0.0175. The van der Waals surface area contributed by atoms with Crippen molar-refractivity contribution in [2.75, 3.05) is 24.2 Å². The van der Waals surface area contributed by atoms with E-state index >= 15 is 0 Å². The first-order valence-corrected chi connectivity index (χ1v) is 5.95. The molecule has 2 unspecified atom stereocenters. The molecule has 1 saturated heterocycles.